The molecule has 4 heteroatoms. The van der Waals surface area contributed by atoms with E-state index in [9.17, 15) is 4.79 Å². The lowest BCUT2D eigenvalue weighted by Gasteiger charge is -2.18. The minimum Gasteiger partial charge on any atom is -0.371 e. The van der Waals surface area contributed by atoms with Crippen LogP contribution in [0.5, 0.6) is 0 Å². The van der Waals surface area contributed by atoms with E-state index in [-0.39, 0.29) is 5.91 Å². The van der Waals surface area contributed by atoms with Crippen LogP contribution in [0.15, 0.2) is 30.5 Å². The van der Waals surface area contributed by atoms with Crippen LogP contribution in [0.1, 0.15) is 40.0 Å². The van der Waals surface area contributed by atoms with E-state index in [1.165, 1.54) is 18.4 Å². The number of rotatable bonds is 3. The number of nitrogens with one attached hydrogen (secondary N) is 1. The molecule has 1 saturated heterocycles. The molecule has 0 aliphatic carbocycles. The summed E-state index contributed by atoms with van der Waals surface area (Å²) in [5, 5.41) is 3.02. The summed E-state index contributed by atoms with van der Waals surface area (Å²) < 4.78 is 0. The van der Waals surface area contributed by atoms with E-state index in [1.807, 2.05) is 26.0 Å². The molecule has 1 aromatic carbocycles. The van der Waals surface area contributed by atoms with Crippen LogP contribution in [0.25, 0.3) is 0 Å². The van der Waals surface area contributed by atoms with Gasteiger partial charge < -0.3 is 10.2 Å². The van der Waals surface area contributed by atoms with E-state index in [1.54, 1.807) is 6.20 Å². The zero-order valence-corrected chi connectivity index (χ0v) is 14.0. The molecule has 1 aliphatic rings. The van der Waals surface area contributed by atoms with E-state index < -0.39 is 0 Å². The standard InChI is InChI=1S/C19H23N3O/c1-13-10-14(2)18(15(3)11-13)21-19(23)17-12-16(6-7-20-17)22-8-4-5-9-22/h6-7,10-12H,4-5,8-9H2,1-3H3,(H,21,23). The highest BCUT2D eigenvalue weighted by Crippen LogP contribution is 2.24. The first kappa shape index (κ1) is 15.5. The van der Waals surface area contributed by atoms with Crippen molar-refractivity contribution in [3.05, 3.63) is 52.8 Å². The highest BCUT2D eigenvalue weighted by Gasteiger charge is 2.16. The molecule has 1 amide bonds. The van der Waals surface area contributed by atoms with Gasteiger partial charge in [-0.05, 0) is 56.9 Å². The first-order valence-electron chi connectivity index (χ1n) is 8.15. The Morgan fingerprint density at radius 1 is 1.09 bits per heavy atom. The number of hydrogen-bond donors (Lipinski definition) is 1. The van der Waals surface area contributed by atoms with Crippen LogP contribution >= 0.6 is 0 Å². The molecule has 120 valence electrons. The molecule has 0 unspecified atom stereocenters. The normalized spacial score (nSPS) is 14.1. The monoisotopic (exact) mass is 309 g/mol. The van der Waals surface area contributed by atoms with E-state index in [0.29, 0.717) is 5.69 Å². The molecule has 4 nitrogen and oxygen atoms in total. The van der Waals surface area contributed by atoms with Gasteiger partial charge in [-0.15, -0.1) is 0 Å². The lowest BCUT2D eigenvalue weighted by atomic mass is 10.0. The Morgan fingerprint density at radius 2 is 1.74 bits per heavy atom. The number of carbonyl (C=O) groups excluding carboxylic acids is 1. The Hall–Kier alpha value is -2.36. The third-order valence-electron chi connectivity index (χ3n) is 4.36. The Balaban J connectivity index is 1.82. The topological polar surface area (TPSA) is 45.2 Å². The third kappa shape index (κ3) is 3.36. The molecular weight excluding hydrogens is 286 g/mol. The molecule has 1 aliphatic heterocycles. The first-order valence-corrected chi connectivity index (χ1v) is 8.15. The summed E-state index contributed by atoms with van der Waals surface area (Å²) in [6, 6.07) is 8.03. The molecule has 0 spiro atoms. The number of anilines is 2. The molecular formula is C19H23N3O. The van der Waals surface area contributed by atoms with Crippen molar-refractivity contribution in [3.63, 3.8) is 0 Å². The van der Waals surface area contributed by atoms with Gasteiger partial charge in [0.2, 0.25) is 0 Å². The molecule has 3 rings (SSSR count). The lowest BCUT2D eigenvalue weighted by molar-refractivity contribution is 0.102. The van der Waals surface area contributed by atoms with Gasteiger partial charge in [-0.2, -0.15) is 0 Å². The average molecular weight is 309 g/mol. The number of hydrogen-bond acceptors (Lipinski definition) is 3. The van der Waals surface area contributed by atoms with Crippen LogP contribution < -0.4 is 10.2 Å². The van der Waals surface area contributed by atoms with Gasteiger partial charge in [0.25, 0.3) is 5.91 Å². The zero-order valence-electron chi connectivity index (χ0n) is 14.0. The largest absolute Gasteiger partial charge is 0.371 e. The summed E-state index contributed by atoms with van der Waals surface area (Å²) in [6.07, 6.45) is 4.15. The molecule has 0 atom stereocenters. The van der Waals surface area contributed by atoms with Gasteiger partial charge in [0.15, 0.2) is 0 Å². The van der Waals surface area contributed by atoms with Gasteiger partial charge in [-0.3, -0.25) is 9.78 Å². The molecule has 0 bridgehead atoms. The first-order chi connectivity index (χ1) is 11.0. The van der Waals surface area contributed by atoms with Crippen LogP contribution in [0, 0.1) is 20.8 Å². The second-order valence-electron chi connectivity index (χ2n) is 6.32. The van der Waals surface area contributed by atoms with E-state index in [2.05, 4.69) is 34.3 Å². The summed E-state index contributed by atoms with van der Waals surface area (Å²) in [5.41, 5.74) is 5.79. The van der Waals surface area contributed by atoms with Crippen molar-refractivity contribution in [2.24, 2.45) is 0 Å². The fourth-order valence-electron chi connectivity index (χ4n) is 3.27. The van der Waals surface area contributed by atoms with Crippen molar-refractivity contribution in [1.82, 2.24) is 4.98 Å². The van der Waals surface area contributed by atoms with Gasteiger partial charge in [-0.1, -0.05) is 17.7 Å². The zero-order chi connectivity index (χ0) is 16.4. The predicted molar refractivity (Wildman–Crippen MR) is 94.3 cm³/mol. The Labute approximate surface area is 137 Å². The van der Waals surface area contributed by atoms with E-state index >= 15 is 0 Å². The highest BCUT2D eigenvalue weighted by atomic mass is 16.1. The van der Waals surface area contributed by atoms with E-state index in [0.717, 1.165) is 35.6 Å². The maximum Gasteiger partial charge on any atom is 0.274 e. The predicted octanol–water partition coefficient (Wildman–Crippen LogP) is 3.86. The maximum absolute atomic E-state index is 12.6. The average Bonchev–Trinajstić information content (AvgIpc) is 3.05. The molecule has 1 fully saturated rings. The van der Waals surface area contributed by atoms with Crippen LogP contribution in [0.3, 0.4) is 0 Å². The van der Waals surface area contributed by atoms with Gasteiger partial charge in [0.1, 0.15) is 5.69 Å². The van der Waals surface area contributed by atoms with Crippen LogP contribution in [0.2, 0.25) is 0 Å². The fourth-order valence-corrected chi connectivity index (χ4v) is 3.27. The van der Waals surface area contributed by atoms with Crippen molar-refractivity contribution in [3.8, 4) is 0 Å². The van der Waals surface area contributed by atoms with Gasteiger partial charge in [0.05, 0.1) is 0 Å². The SMILES string of the molecule is Cc1cc(C)c(NC(=O)c2cc(N3CCCC3)ccn2)c(C)c1. The van der Waals surface area contributed by atoms with Crippen molar-refractivity contribution in [2.75, 3.05) is 23.3 Å². The second-order valence-corrected chi connectivity index (χ2v) is 6.32. The number of pyridine rings is 1. The summed E-state index contributed by atoms with van der Waals surface area (Å²) in [5.74, 6) is -0.152. The molecule has 23 heavy (non-hydrogen) atoms. The number of nitrogens with zero attached hydrogens (tertiary/aromatic N) is 2. The number of carbonyl (C=O) groups is 1. The number of aryl methyl sites for hydroxylation is 3. The molecule has 0 saturated carbocycles. The maximum atomic E-state index is 12.6. The Kier molecular flexibility index (Phi) is 4.33. The number of aromatic nitrogens is 1. The Morgan fingerprint density at radius 3 is 2.39 bits per heavy atom. The summed E-state index contributed by atoms with van der Waals surface area (Å²) in [7, 11) is 0. The highest BCUT2D eigenvalue weighted by molar-refractivity contribution is 6.04. The Bertz CT molecular complexity index is 710. The van der Waals surface area contributed by atoms with Crippen molar-refractivity contribution >= 4 is 17.3 Å². The molecule has 2 heterocycles. The van der Waals surface area contributed by atoms with Crippen LogP contribution in [-0.4, -0.2) is 24.0 Å². The molecule has 0 radical (unpaired) electrons. The van der Waals surface area contributed by atoms with Gasteiger partial charge in [-0.25, -0.2) is 0 Å². The van der Waals surface area contributed by atoms with Crippen LogP contribution in [0.4, 0.5) is 11.4 Å². The summed E-state index contributed by atoms with van der Waals surface area (Å²) >= 11 is 0. The van der Waals surface area contributed by atoms with E-state index in [4.69, 9.17) is 0 Å². The van der Waals surface area contributed by atoms with Crippen molar-refractivity contribution < 1.29 is 4.79 Å². The smallest absolute Gasteiger partial charge is 0.274 e. The quantitative estimate of drug-likeness (QED) is 0.936. The van der Waals surface area contributed by atoms with Crippen molar-refractivity contribution in [1.29, 1.82) is 0 Å². The van der Waals surface area contributed by atoms with Crippen LogP contribution in [-0.2, 0) is 0 Å². The number of amides is 1. The number of benzene rings is 1. The molecule has 1 aromatic heterocycles. The summed E-state index contributed by atoms with van der Waals surface area (Å²) in [6.45, 7) is 8.21. The lowest BCUT2D eigenvalue weighted by Crippen LogP contribution is -2.20. The minimum absolute atomic E-state index is 0.152. The molecule has 1 N–H and O–H groups in total. The minimum atomic E-state index is -0.152. The molecule has 2 aromatic rings. The second kappa shape index (κ2) is 6.41. The third-order valence-corrected chi connectivity index (χ3v) is 4.36. The fraction of sp³-hybridized carbons (Fsp3) is 0.368. The summed E-state index contributed by atoms with van der Waals surface area (Å²) in [4.78, 5) is 19.1. The van der Waals surface area contributed by atoms with Crippen molar-refractivity contribution in [2.45, 2.75) is 33.6 Å². The van der Waals surface area contributed by atoms with Gasteiger partial charge >= 0.3 is 0 Å². The van der Waals surface area contributed by atoms with Gasteiger partial charge in [0, 0.05) is 30.7 Å².